The molecule has 3 heteroatoms. The molecule has 1 saturated heterocycles. The molecular weight excluding hydrogens is 193 g/mol. The van der Waals surface area contributed by atoms with Crippen molar-refractivity contribution in [1.82, 2.24) is 4.90 Å². The van der Waals surface area contributed by atoms with E-state index in [1.54, 1.807) is 0 Å². The molecule has 0 radical (unpaired) electrons. The van der Waals surface area contributed by atoms with E-state index in [4.69, 9.17) is 0 Å². The predicted molar refractivity (Wildman–Crippen MR) is 60.9 cm³/mol. The Kier molecular flexibility index (Phi) is 2.84. The van der Waals surface area contributed by atoms with Crippen LogP contribution in [0.3, 0.4) is 0 Å². The highest BCUT2D eigenvalue weighted by atomic mass is 31.1. The highest BCUT2D eigenvalue weighted by Crippen LogP contribution is 2.62. The van der Waals surface area contributed by atoms with E-state index >= 15 is 0 Å². The average molecular weight is 215 g/mol. The first kappa shape index (κ1) is 12.1. The van der Waals surface area contributed by atoms with Gasteiger partial charge in [-0.3, -0.25) is 9.46 Å². The molecule has 2 atom stereocenters. The van der Waals surface area contributed by atoms with Crippen LogP contribution in [0.1, 0.15) is 48.0 Å². The van der Waals surface area contributed by atoms with Gasteiger partial charge in [0.2, 0.25) is 0 Å². The summed E-state index contributed by atoms with van der Waals surface area (Å²) < 4.78 is 11.4. The maximum absolute atomic E-state index is 11.4. The fourth-order valence-electron chi connectivity index (χ4n) is 2.62. The Morgan fingerprint density at radius 1 is 1.29 bits per heavy atom. The van der Waals surface area contributed by atoms with E-state index in [2.05, 4.69) is 46.4 Å². The van der Waals surface area contributed by atoms with Gasteiger partial charge < -0.3 is 0 Å². The van der Waals surface area contributed by atoms with Crippen molar-refractivity contribution in [1.29, 1.82) is 0 Å². The van der Waals surface area contributed by atoms with Gasteiger partial charge in [0.05, 0.1) is 0 Å². The summed E-state index contributed by atoms with van der Waals surface area (Å²) in [6.07, 6.45) is 0.992. The van der Waals surface area contributed by atoms with Crippen LogP contribution in [0.5, 0.6) is 0 Å². The van der Waals surface area contributed by atoms with E-state index in [9.17, 15) is 4.57 Å². The Morgan fingerprint density at radius 3 is 2.00 bits per heavy atom. The van der Waals surface area contributed by atoms with E-state index < -0.39 is 0 Å². The summed E-state index contributed by atoms with van der Waals surface area (Å²) in [5, 5.41) is -0.111. The zero-order chi connectivity index (χ0) is 11.2. The third-order valence-corrected chi connectivity index (χ3v) is 4.54. The van der Waals surface area contributed by atoms with Gasteiger partial charge in [-0.05, 0) is 32.2 Å². The molecule has 14 heavy (non-hydrogen) atoms. The van der Waals surface area contributed by atoms with Crippen molar-refractivity contribution < 1.29 is 4.57 Å². The van der Waals surface area contributed by atoms with Crippen molar-refractivity contribution in [2.75, 3.05) is 6.54 Å². The zero-order valence-electron chi connectivity index (χ0n) is 10.2. The molecule has 82 valence electrons. The summed E-state index contributed by atoms with van der Waals surface area (Å²) in [6, 6.07) is 0. The van der Waals surface area contributed by atoms with Gasteiger partial charge in [-0.1, -0.05) is 27.7 Å². The third kappa shape index (κ3) is 1.63. The topological polar surface area (TPSA) is 20.1 Å². The average Bonchev–Trinajstić information content (AvgIpc) is 2.44. The largest absolute Gasteiger partial charge is 0.278 e. The van der Waals surface area contributed by atoms with Crippen molar-refractivity contribution in [3.8, 4) is 0 Å². The van der Waals surface area contributed by atoms with Gasteiger partial charge in [0.25, 0.3) is 0 Å². The first-order valence-electron chi connectivity index (χ1n) is 5.33. The second-order valence-corrected chi connectivity index (χ2v) is 6.87. The Bertz CT molecular complexity index is 244. The van der Waals surface area contributed by atoms with Crippen molar-refractivity contribution >= 4 is 8.46 Å². The lowest BCUT2D eigenvalue weighted by atomic mass is 9.87. The smallest absolute Gasteiger partial charge is 0.180 e. The molecule has 0 aliphatic carbocycles. The lowest BCUT2D eigenvalue weighted by molar-refractivity contribution is 0.325. The van der Waals surface area contributed by atoms with Crippen LogP contribution in [0.15, 0.2) is 0 Å². The number of hydrogen-bond acceptors (Lipinski definition) is 2. The van der Waals surface area contributed by atoms with Gasteiger partial charge in [0.1, 0.15) is 5.28 Å². The minimum absolute atomic E-state index is 0.0956. The van der Waals surface area contributed by atoms with Crippen LogP contribution in [0.4, 0.5) is 0 Å². The summed E-state index contributed by atoms with van der Waals surface area (Å²) >= 11 is 0. The van der Waals surface area contributed by atoms with Gasteiger partial charge in [-0.2, -0.15) is 0 Å². The molecule has 0 aromatic rings. The number of rotatable bonds is 3. The van der Waals surface area contributed by atoms with Crippen LogP contribution >= 0.6 is 8.46 Å². The predicted octanol–water partition coefficient (Wildman–Crippen LogP) is 3.52. The monoisotopic (exact) mass is 215 g/mol. The first-order valence-corrected chi connectivity index (χ1v) is 6.15. The summed E-state index contributed by atoms with van der Waals surface area (Å²) in [5.74, 6) is 0. The molecule has 0 aromatic heterocycles. The summed E-state index contributed by atoms with van der Waals surface area (Å²) in [7, 11) is 0.282. The van der Waals surface area contributed by atoms with Crippen LogP contribution in [0, 0.1) is 5.41 Å². The Balaban J connectivity index is 2.87. The van der Waals surface area contributed by atoms with Crippen LogP contribution in [-0.2, 0) is 4.57 Å². The van der Waals surface area contributed by atoms with Crippen molar-refractivity contribution in [3.63, 3.8) is 0 Å². The molecule has 1 fully saturated rings. The maximum atomic E-state index is 11.4. The van der Waals surface area contributed by atoms with Gasteiger partial charge in [-0.25, -0.2) is 0 Å². The SMILES string of the molecule is CCN1C(C)(C)C1(CC(C)(C)C)P=O. The van der Waals surface area contributed by atoms with E-state index in [1.807, 2.05) is 0 Å². The van der Waals surface area contributed by atoms with Crippen molar-refractivity contribution in [2.45, 2.75) is 58.8 Å². The molecule has 0 aromatic carbocycles. The Labute approximate surface area is 89.3 Å². The second kappa shape index (κ2) is 3.28. The zero-order valence-corrected chi connectivity index (χ0v) is 11.1. The highest BCUT2D eigenvalue weighted by molar-refractivity contribution is 7.26. The van der Waals surface area contributed by atoms with E-state index in [0.717, 1.165) is 13.0 Å². The van der Waals surface area contributed by atoms with Crippen LogP contribution in [0.2, 0.25) is 0 Å². The molecule has 1 aliphatic heterocycles. The summed E-state index contributed by atoms with van der Waals surface area (Å²) in [4.78, 5) is 2.33. The highest BCUT2D eigenvalue weighted by Gasteiger charge is 2.70. The molecule has 0 amide bonds. The second-order valence-electron chi connectivity index (χ2n) is 5.95. The van der Waals surface area contributed by atoms with Crippen molar-refractivity contribution in [2.24, 2.45) is 5.41 Å². The fourth-order valence-corrected chi connectivity index (χ4v) is 3.94. The fraction of sp³-hybridized carbons (Fsp3) is 1.00. The van der Waals surface area contributed by atoms with E-state index in [0.29, 0.717) is 0 Å². The molecule has 0 N–H and O–H groups in total. The lowest BCUT2D eigenvalue weighted by Gasteiger charge is -2.22. The quantitative estimate of drug-likeness (QED) is 0.530. The molecule has 0 spiro atoms. The number of likely N-dealkylation sites (N-methyl/N-ethyl adjacent to an activating group) is 1. The van der Waals surface area contributed by atoms with Gasteiger partial charge >= 0.3 is 0 Å². The molecule has 1 rings (SSSR count). The standard InChI is InChI=1S/C11H22NOP/c1-7-12-10(5,6)11(12,14-13)8-9(2,3)4/h7-8H2,1-6H3. The molecule has 0 bridgehead atoms. The van der Waals surface area contributed by atoms with Gasteiger partial charge in [0.15, 0.2) is 8.46 Å². The normalized spacial score (nSPS) is 36.0. The summed E-state index contributed by atoms with van der Waals surface area (Å²) in [5.41, 5.74) is 0.330. The molecule has 1 aliphatic rings. The Morgan fingerprint density at radius 2 is 1.79 bits per heavy atom. The van der Waals surface area contributed by atoms with E-state index in [1.165, 1.54) is 0 Å². The van der Waals surface area contributed by atoms with Crippen LogP contribution < -0.4 is 0 Å². The van der Waals surface area contributed by atoms with Crippen LogP contribution in [0.25, 0.3) is 0 Å². The van der Waals surface area contributed by atoms with E-state index in [-0.39, 0.29) is 24.7 Å². The van der Waals surface area contributed by atoms with Gasteiger partial charge in [-0.15, -0.1) is 0 Å². The van der Waals surface area contributed by atoms with Gasteiger partial charge in [0, 0.05) is 5.54 Å². The number of hydrogen-bond donors (Lipinski definition) is 0. The lowest BCUT2D eigenvalue weighted by Crippen LogP contribution is -2.22. The third-order valence-electron chi connectivity index (χ3n) is 3.30. The minimum atomic E-state index is -0.111. The number of nitrogens with zero attached hydrogens (tertiary/aromatic N) is 1. The molecule has 2 unspecified atom stereocenters. The minimum Gasteiger partial charge on any atom is -0.278 e. The molecule has 1 heterocycles. The molecular formula is C11H22NOP. The first-order chi connectivity index (χ1) is 6.21. The maximum Gasteiger partial charge on any atom is 0.180 e. The Hall–Kier alpha value is 0.0600. The van der Waals surface area contributed by atoms with Crippen molar-refractivity contribution in [3.05, 3.63) is 0 Å². The van der Waals surface area contributed by atoms with Crippen LogP contribution in [-0.4, -0.2) is 22.3 Å². The molecule has 0 saturated carbocycles. The molecule has 2 nitrogen and oxygen atoms in total. The summed E-state index contributed by atoms with van der Waals surface area (Å²) in [6.45, 7) is 14.1.